The molecule has 0 saturated carbocycles. The van der Waals surface area contributed by atoms with Gasteiger partial charge in [-0.25, -0.2) is 13.6 Å². The van der Waals surface area contributed by atoms with Crippen molar-refractivity contribution >= 4 is 21.6 Å². The molecule has 0 atom stereocenters. The molecule has 0 bridgehead atoms. The molecule has 0 heterocycles. The van der Waals surface area contributed by atoms with E-state index < -0.39 is 15.9 Å². The van der Waals surface area contributed by atoms with Crippen molar-refractivity contribution in [1.29, 1.82) is 0 Å². The summed E-state index contributed by atoms with van der Waals surface area (Å²) in [5, 5.41) is 7.32. The number of nitrogens with one attached hydrogen (secondary N) is 1. The van der Waals surface area contributed by atoms with Crippen LogP contribution in [0.2, 0.25) is 0 Å². The molecular formula is C9H10N2O3S. The molecule has 1 rings (SSSR count). The Morgan fingerprint density at radius 3 is 2.53 bits per heavy atom. The standard InChI is InChI=1S/C9H10N2O3S/c1-2-9(12)11-7-5-3-4-6-8(7)15(10,13)14/h2-6H,1H2,(H,11,12)(H2,10,13,14). The van der Waals surface area contributed by atoms with Crippen LogP contribution in [0.1, 0.15) is 0 Å². The summed E-state index contributed by atoms with van der Waals surface area (Å²) in [4.78, 5) is 10.9. The lowest BCUT2D eigenvalue weighted by atomic mass is 10.3. The Labute approximate surface area is 87.6 Å². The fourth-order valence-electron chi connectivity index (χ4n) is 1.00. The lowest BCUT2D eigenvalue weighted by molar-refractivity contribution is -0.111. The largest absolute Gasteiger partial charge is 0.321 e. The second-order valence-corrected chi connectivity index (χ2v) is 4.26. The van der Waals surface area contributed by atoms with Crippen molar-refractivity contribution in [2.45, 2.75) is 4.90 Å². The Kier molecular flexibility index (Phi) is 3.23. The van der Waals surface area contributed by atoms with Crippen LogP contribution < -0.4 is 10.5 Å². The average molecular weight is 226 g/mol. The highest BCUT2D eigenvalue weighted by atomic mass is 32.2. The number of anilines is 1. The minimum atomic E-state index is -3.84. The molecule has 3 N–H and O–H groups in total. The van der Waals surface area contributed by atoms with Crippen LogP contribution in [0.15, 0.2) is 41.8 Å². The third-order valence-corrected chi connectivity index (χ3v) is 2.61. The molecule has 0 spiro atoms. The molecular weight excluding hydrogens is 216 g/mol. The van der Waals surface area contributed by atoms with Gasteiger partial charge in [-0.2, -0.15) is 0 Å². The SMILES string of the molecule is C=CC(=O)Nc1ccccc1S(N)(=O)=O. The smallest absolute Gasteiger partial charge is 0.247 e. The van der Waals surface area contributed by atoms with Gasteiger partial charge in [0.25, 0.3) is 0 Å². The Bertz CT molecular complexity index is 494. The van der Waals surface area contributed by atoms with Crippen molar-refractivity contribution in [2.24, 2.45) is 5.14 Å². The van der Waals surface area contributed by atoms with E-state index in [9.17, 15) is 13.2 Å². The second kappa shape index (κ2) is 4.24. The van der Waals surface area contributed by atoms with Gasteiger partial charge in [0, 0.05) is 0 Å². The van der Waals surface area contributed by atoms with Crippen LogP contribution in [0.3, 0.4) is 0 Å². The van der Waals surface area contributed by atoms with E-state index in [4.69, 9.17) is 5.14 Å². The first kappa shape index (κ1) is 11.4. The molecule has 0 saturated heterocycles. The van der Waals surface area contributed by atoms with Gasteiger partial charge < -0.3 is 5.32 Å². The van der Waals surface area contributed by atoms with Crippen LogP contribution in [0.4, 0.5) is 5.69 Å². The van der Waals surface area contributed by atoms with Gasteiger partial charge in [0.05, 0.1) is 5.69 Å². The summed E-state index contributed by atoms with van der Waals surface area (Å²) in [7, 11) is -3.84. The Hall–Kier alpha value is -1.66. The highest BCUT2D eigenvalue weighted by Gasteiger charge is 2.13. The Morgan fingerprint density at radius 2 is 2.00 bits per heavy atom. The molecule has 0 fully saturated rings. The number of amides is 1. The Morgan fingerprint density at radius 1 is 1.40 bits per heavy atom. The predicted octanol–water partition coefficient (Wildman–Crippen LogP) is 0.459. The summed E-state index contributed by atoms with van der Waals surface area (Å²) >= 11 is 0. The van der Waals surface area contributed by atoms with Gasteiger partial charge >= 0.3 is 0 Å². The summed E-state index contributed by atoms with van der Waals surface area (Å²) in [6.07, 6.45) is 1.04. The number of carbonyl (C=O) groups excluding carboxylic acids is 1. The molecule has 0 aromatic heterocycles. The first-order valence-electron chi connectivity index (χ1n) is 4.00. The minimum absolute atomic E-state index is 0.125. The lowest BCUT2D eigenvalue weighted by Crippen LogP contribution is -2.16. The molecule has 0 radical (unpaired) electrons. The quantitative estimate of drug-likeness (QED) is 0.733. The van der Waals surface area contributed by atoms with Gasteiger partial charge in [-0.1, -0.05) is 18.7 Å². The fraction of sp³-hybridized carbons (Fsp3) is 0. The van der Waals surface area contributed by atoms with Crippen molar-refractivity contribution in [3.05, 3.63) is 36.9 Å². The van der Waals surface area contributed by atoms with Gasteiger partial charge in [0.15, 0.2) is 0 Å². The number of hydrogen-bond acceptors (Lipinski definition) is 3. The number of rotatable bonds is 3. The number of nitrogens with two attached hydrogens (primary N) is 1. The molecule has 15 heavy (non-hydrogen) atoms. The van der Waals surface area contributed by atoms with E-state index in [1.54, 1.807) is 6.07 Å². The molecule has 5 nitrogen and oxygen atoms in total. The van der Waals surface area contributed by atoms with E-state index in [2.05, 4.69) is 11.9 Å². The molecule has 80 valence electrons. The van der Waals surface area contributed by atoms with E-state index >= 15 is 0 Å². The summed E-state index contributed by atoms with van der Waals surface area (Å²) in [5.41, 5.74) is 0.143. The highest BCUT2D eigenvalue weighted by Crippen LogP contribution is 2.18. The van der Waals surface area contributed by atoms with Crippen molar-refractivity contribution < 1.29 is 13.2 Å². The predicted molar refractivity (Wildman–Crippen MR) is 56.6 cm³/mol. The minimum Gasteiger partial charge on any atom is -0.321 e. The van der Waals surface area contributed by atoms with Crippen LogP contribution in [-0.4, -0.2) is 14.3 Å². The molecule has 1 amide bonds. The zero-order valence-electron chi connectivity index (χ0n) is 7.80. The van der Waals surface area contributed by atoms with Gasteiger partial charge in [-0.15, -0.1) is 0 Å². The zero-order chi connectivity index (χ0) is 11.5. The van der Waals surface area contributed by atoms with E-state index in [0.717, 1.165) is 6.08 Å². The summed E-state index contributed by atoms with van der Waals surface area (Å²) in [6, 6.07) is 5.87. The maximum absolute atomic E-state index is 11.1. The van der Waals surface area contributed by atoms with E-state index in [1.165, 1.54) is 18.2 Å². The first-order valence-corrected chi connectivity index (χ1v) is 5.55. The van der Waals surface area contributed by atoms with Crippen LogP contribution in [0.25, 0.3) is 0 Å². The topological polar surface area (TPSA) is 89.3 Å². The average Bonchev–Trinajstić information content (AvgIpc) is 2.17. The molecule has 0 unspecified atom stereocenters. The lowest BCUT2D eigenvalue weighted by Gasteiger charge is -2.06. The van der Waals surface area contributed by atoms with Gasteiger partial charge in [-0.05, 0) is 18.2 Å². The van der Waals surface area contributed by atoms with Crippen molar-refractivity contribution in [2.75, 3.05) is 5.32 Å². The molecule has 1 aromatic rings. The van der Waals surface area contributed by atoms with Crippen molar-refractivity contribution in [3.63, 3.8) is 0 Å². The summed E-state index contributed by atoms with van der Waals surface area (Å²) in [6.45, 7) is 3.26. The summed E-state index contributed by atoms with van der Waals surface area (Å²) in [5.74, 6) is -0.494. The molecule has 1 aromatic carbocycles. The zero-order valence-corrected chi connectivity index (χ0v) is 8.62. The van der Waals surface area contributed by atoms with E-state index in [-0.39, 0.29) is 10.6 Å². The van der Waals surface area contributed by atoms with Crippen molar-refractivity contribution in [1.82, 2.24) is 0 Å². The van der Waals surface area contributed by atoms with Gasteiger partial charge in [-0.3, -0.25) is 4.79 Å². The maximum atomic E-state index is 11.1. The molecule has 0 aliphatic rings. The van der Waals surface area contributed by atoms with E-state index in [1.807, 2.05) is 0 Å². The van der Waals surface area contributed by atoms with Gasteiger partial charge in [0.2, 0.25) is 15.9 Å². The third kappa shape index (κ3) is 2.90. The van der Waals surface area contributed by atoms with Crippen LogP contribution in [-0.2, 0) is 14.8 Å². The summed E-state index contributed by atoms with van der Waals surface area (Å²) < 4.78 is 22.2. The third-order valence-electron chi connectivity index (χ3n) is 1.64. The van der Waals surface area contributed by atoms with Crippen LogP contribution in [0, 0.1) is 0 Å². The number of primary sulfonamides is 1. The molecule has 6 heteroatoms. The number of sulfonamides is 1. The first-order chi connectivity index (χ1) is 6.95. The van der Waals surface area contributed by atoms with Gasteiger partial charge in [0.1, 0.15) is 4.90 Å². The maximum Gasteiger partial charge on any atom is 0.247 e. The Balaban J connectivity index is 3.19. The number of para-hydroxylation sites is 1. The number of carbonyl (C=O) groups is 1. The number of benzene rings is 1. The van der Waals surface area contributed by atoms with Crippen molar-refractivity contribution in [3.8, 4) is 0 Å². The normalized spacial score (nSPS) is 10.7. The monoisotopic (exact) mass is 226 g/mol. The number of hydrogen-bond donors (Lipinski definition) is 2. The van der Waals surface area contributed by atoms with Crippen LogP contribution >= 0.6 is 0 Å². The van der Waals surface area contributed by atoms with E-state index in [0.29, 0.717) is 0 Å². The second-order valence-electron chi connectivity index (χ2n) is 2.73. The highest BCUT2D eigenvalue weighted by molar-refractivity contribution is 7.89. The van der Waals surface area contributed by atoms with Crippen LogP contribution in [0.5, 0.6) is 0 Å². The molecule has 0 aliphatic heterocycles. The molecule has 0 aliphatic carbocycles. The fourth-order valence-corrected chi connectivity index (χ4v) is 1.70.